The number of hydrogen-bond acceptors (Lipinski definition) is 4. The minimum Gasteiger partial charge on any atom is -0.494 e. The number of carbonyl (C=O) groups is 1. The lowest BCUT2D eigenvalue weighted by Crippen LogP contribution is -2.42. The van der Waals surface area contributed by atoms with Crippen molar-refractivity contribution in [3.8, 4) is 5.75 Å². The number of rotatable bonds is 9. The molecule has 0 aromatic heterocycles. The lowest BCUT2D eigenvalue weighted by atomic mass is 10.2. The van der Waals surface area contributed by atoms with Crippen molar-refractivity contribution in [3.63, 3.8) is 0 Å². The molecule has 1 aromatic rings. The minimum absolute atomic E-state index is 0.0539. The Labute approximate surface area is 120 Å². The first-order valence-electron chi connectivity index (χ1n) is 6.82. The van der Waals surface area contributed by atoms with Gasteiger partial charge < -0.3 is 20.1 Å². The fourth-order valence-corrected chi connectivity index (χ4v) is 1.77. The molecule has 0 aliphatic rings. The van der Waals surface area contributed by atoms with Gasteiger partial charge in [-0.05, 0) is 25.0 Å². The van der Waals surface area contributed by atoms with Crippen LogP contribution in [0.3, 0.4) is 0 Å². The number of ether oxygens (including phenoxy) is 2. The summed E-state index contributed by atoms with van der Waals surface area (Å²) in [6.45, 7) is 1.71. The van der Waals surface area contributed by atoms with Crippen LogP contribution in [0.4, 0.5) is 0 Å². The van der Waals surface area contributed by atoms with E-state index in [1.807, 2.05) is 30.3 Å². The van der Waals surface area contributed by atoms with Crippen LogP contribution in [0.25, 0.3) is 0 Å². The maximum Gasteiger partial charge on any atom is 0.239 e. The summed E-state index contributed by atoms with van der Waals surface area (Å²) in [7, 11) is 3.36. The van der Waals surface area contributed by atoms with Crippen molar-refractivity contribution in [1.29, 1.82) is 0 Å². The van der Waals surface area contributed by atoms with Crippen LogP contribution >= 0.6 is 0 Å². The summed E-state index contributed by atoms with van der Waals surface area (Å²) < 4.78 is 10.5. The molecule has 1 rings (SSSR count). The molecule has 0 aliphatic carbocycles. The largest absolute Gasteiger partial charge is 0.494 e. The van der Waals surface area contributed by atoms with Crippen LogP contribution in [0.15, 0.2) is 30.3 Å². The molecule has 1 aromatic carbocycles. The first kappa shape index (κ1) is 16.5. The highest BCUT2D eigenvalue weighted by molar-refractivity contribution is 5.81. The Morgan fingerprint density at radius 3 is 2.65 bits per heavy atom. The third-order valence-corrected chi connectivity index (χ3v) is 2.98. The third kappa shape index (κ3) is 6.04. The second kappa shape index (κ2) is 9.34. The summed E-state index contributed by atoms with van der Waals surface area (Å²) in [5.41, 5.74) is 5.80. The van der Waals surface area contributed by atoms with Crippen LogP contribution in [0.1, 0.15) is 12.8 Å². The van der Waals surface area contributed by atoms with Crippen molar-refractivity contribution in [3.05, 3.63) is 30.3 Å². The lowest BCUT2D eigenvalue weighted by molar-refractivity contribution is -0.131. The quantitative estimate of drug-likeness (QED) is 0.692. The molecule has 0 heterocycles. The fourth-order valence-electron chi connectivity index (χ4n) is 1.77. The van der Waals surface area contributed by atoms with Gasteiger partial charge in [0.05, 0.1) is 12.6 Å². The van der Waals surface area contributed by atoms with Gasteiger partial charge in [0.15, 0.2) is 0 Å². The smallest absolute Gasteiger partial charge is 0.239 e. The van der Waals surface area contributed by atoms with E-state index < -0.39 is 6.04 Å². The van der Waals surface area contributed by atoms with Crippen molar-refractivity contribution < 1.29 is 14.3 Å². The molecule has 0 bridgehead atoms. The van der Waals surface area contributed by atoms with E-state index in [1.54, 1.807) is 19.1 Å². The van der Waals surface area contributed by atoms with Crippen LogP contribution in [-0.2, 0) is 9.53 Å². The summed E-state index contributed by atoms with van der Waals surface area (Å²) in [6.07, 6.45) is 1.31. The zero-order valence-electron chi connectivity index (χ0n) is 12.2. The topological polar surface area (TPSA) is 64.8 Å². The van der Waals surface area contributed by atoms with E-state index >= 15 is 0 Å². The molecule has 0 radical (unpaired) electrons. The predicted octanol–water partition coefficient (Wildman–Crippen LogP) is 1.28. The molecule has 0 spiro atoms. The maximum absolute atomic E-state index is 11.9. The molecule has 0 fully saturated rings. The summed E-state index contributed by atoms with van der Waals surface area (Å²) in [4.78, 5) is 13.6. The average Bonchev–Trinajstić information content (AvgIpc) is 2.49. The van der Waals surface area contributed by atoms with Gasteiger partial charge in [-0.15, -0.1) is 0 Å². The Hall–Kier alpha value is -1.59. The van der Waals surface area contributed by atoms with Gasteiger partial charge in [0.2, 0.25) is 5.91 Å². The van der Waals surface area contributed by atoms with E-state index in [0.29, 0.717) is 26.2 Å². The Balaban J connectivity index is 2.19. The zero-order valence-corrected chi connectivity index (χ0v) is 12.2. The summed E-state index contributed by atoms with van der Waals surface area (Å²) in [5, 5.41) is 0. The van der Waals surface area contributed by atoms with E-state index in [0.717, 1.165) is 12.2 Å². The zero-order chi connectivity index (χ0) is 14.8. The van der Waals surface area contributed by atoms with Crippen LogP contribution < -0.4 is 10.5 Å². The van der Waals surface area contributed by atoms with E-state index in [4.69, 9.17) is 15.2 Å². The fraction of sp³-hybridized carbons (Fsp3) is 0.533. The van der Waals surface area contributed by atoms with Crippen LogP contribution in [-0.4, -0.2) is 50.8 Å². The van der Waals surface area contributed by atoms with Gasteiger partial charge in [-0.1, -0.05) is 18.2 Å². The van der Waals surface area contributed by atoms with Gasteiger partial charge in [-0.25, -0.2) is 0 Å². The van der Waals surface area contributed by atoms with Gasteiger partial charge in [-0.3, -0.25) is 4.79 Å². The maximum atomic E-state index is 11.9. The van der Waals surface area contributed by atoms with Gasteiger partial charge in [-0.2, -0.15) is 0 Å². The standard InChI is InChI=1S/C15H24N2O3/c1-17(15(18)14(16)9-12-19-2)10-6-11-20-13-7-4-3-5-8-13/h3-5,7-8,14H,6,9-12,16H2,1-2H3. The van der Waals surface area contributed by atoms with E-state index in [2.05, 4.69) is 0 Å². The number of carbonyl (C=O) groups excluding carboxylic acids is 1. The number of likely N-dealkylation sites (N-methyl/N-ethyl adjacent to an activating group) is 1. The molecule has 5 heteroatoms. The van der Waals surface area contributed by atoms with Crippen molar-refractivity contribution in [2.75, 3.05) is 33.9 Å². The molecule has 0 saturated carbocycles. The van der Waals surface area contributed by atoms with E-state index in [1.165, 1.54) is 0 Å². The molecule has 20 heavy (non-hydrogen) atoms. The molecule has 1 amide bonds. The molecular formula is C15H24N2O3. The Morgan fingerprint density at radius 1 is 1.30 bits per heavy atom. The van der Waals surface area contributed by atoms with E-state index in [-0.39, 0.29) is 5.91 Å². The summed E-state index contributed by atoms with van der Waals surface area (Å²) in [5.74, 6) is 0.792. The van der Waals surface area contributed by atoms with Gasteiger partial charge in [0.25, 0.3) is 0 Å². The highest BCUT2D eigenvalue weighted by Crippen LogP contribution is 2.08. The molecule has 1 atom stereocenters. The Kier molecular flexibility index (Phi) is 7.69. The predicted molar refractivity (Wildman–Crippen MR) is 78.7 cm³/mol. The summed E-state index contributed by atoms with van der Waals surface area (Å²) in [6, 6.07) is 9.14. The molecule has 2 N–H and O–H groups in total. The monoisotopic (exact) mass is 280 g/mol. The first-order chi connectivity index (χ1) is 9.65. The normalized spacial score (nSPS) is 11.9. The number of methoxy groups -OCH3 is 1. The Morgan fingerprint density at radius 2 is 2.00 bits per heavy atom. The second-order valence-corrected chi connectivity index (χ2v) is 4.66. The number of hydrogen-bond donors (Lipinski definition) is 1. The SMILES string of the molecule is COCCC(N)C(=O)N(C)CCCOc1ccccc1. The Bertz CT molecular complexity index is 384. The molecule has 5 nitrogen and oxygen atoms in total. The molecule has 112 valence electrons. The lowest BCUT2D eigenvalue weighted by Gasteiger charge is -2.21. The van der Waals surface area contributed by atoms with Gasteiger partial charge in [0, 0.05) is 27.3 Å². The van der Waals surface area contributed by atoms with Crippen molar-refractivity contribution in [1.82, 2.24) is 4.90 Å². The molecule has 1 unspecified atom stereocenters. The molecule has 0 aliphatic heterocycles. The van der Waals surface area contributed by atoms with Crippen molar-refractivity contribution in [2.45, 2.75) is 18.9 Å². The highest BCUT2D eigenvalue weighted by Gasteiger charge is 2.17. The first-order valence-corrected chi connectivity index (χ1v) is 6.82. The number of amides is 1. The number of para-hydroxylation sites is 1. The van der Waals surface area contributed by atoms with Gasteiger partial charge >= 0.3 is 0 Å². The second-order valence-electron chi connectivity index (χ2n) is 4.66. The minimum atomic E-state index is -0.491. The van der Waals surface area contributed by atoms with Crippen LogP contribution in [0.2, 0.25) is 0 Å². The highest BCUT2D eigenvalue weighted by atomic mass is 16.5. The number of nitrogens with zero attached hydrogens (tertiary/aromatic N) is 1. The van der Waals surface area contributed by atoms with Gasteiger partial charge in [0.1, 0.15) is 5.75 Å². The van der Waals surface area contributed by atoms with Crippen molar-refractivity contribution in [2.24, 2.45) is 5.73 Å². The summed E-state index contributed by atoms with van der Waals surface area (Å²) >= 11 is 0. The average molecular weight is 280 g/mol. The third-order valence-electron chi connectivity index (χ3n) is 2.98. The van der Waals surface area contributed by atoms with Crippen molar-refractivity contribution >= 4 is 5.91 Å². The molecular weight excluding hydrogens is 256 g/mol. The van der Waals surface area contributed by atoms with Crippen LogP contribution in [0.5, 0.6) is 5.75 Å². The number of nitrogens with two attached hydrogens (primary N) is 1. The van der Waals surface area contributed by atoms with E-state index in [9.17, 15) is 4.79 Å². The van der Waals surface area contributed by atoms with Crippen LogP contribution in [0, 0.1) is 0 Å². The molecule has 0 saturated heterocycles. The number of benzene rings is 1.